The van der Waals surface area contributed by atoms with Crippen LogP contribution in [0.25, 0.3) is 0 Å². The van der Waals surface area contributed by atoms with Crippen molar-refractivity contribution < 1.29 is 27.5 Å². The minimum atomic E-state index is -4.84. The molecule has 0 radical (unpaired) electrons. The van der Waals surface area contributed by atoms with Crippen LogP contribution in [0.3, 0.4) is 0 Å². The number of amides is 1. The van der Waals surface area contributed by atoms with Gasteiger partial charge in [-0.1, -0.05) is 13.0 Å². The fourth-order valence-electron chi connectivity index (χ4n) is 2.40. The first-order valence-corrected chi connectivity index (χ1v) is 6.55. The second kappa shape index (κ2) is 5.63. The van der Waals surface area contributed by atoms with E-state index in [0.717, 1.165) is 12.1 Å². The van der Waals surface area contributed by atoms with Crippen molar-refractivity contribution in [3.05, 3.63) is 35.1 Å². The van der Waals surface area contributed by atoms with Gasteiger partial charge >= 0.3 is 6.18 Å². The van der Waals surface area contributed by atoms with E-state index in [9.17, 15) is 27.5 Å². The highest BCUT2D eigenvalue weighted by atomic mass is 19.4. The summed E-state index contributed by atoms with van der Waals surface area (Å²) in [7, 11) is 0. The van der Waals surface area contributed by atoms with E-state index >= 15 is 0 Å². The lowest BCUT2D eigenvalue weighted by Crippen LogP contribution is -2.45. The molecule has 1 aliphatic heterocycles. The van der Waals surface area contributed by atoms with Crippen LogP contribution >= 0.6 is 0 Å². The molecule has 0 bridgehead atoms. The van der Waals surface area contributed by atoms with Crippen molar-refractivity contribution in [1.82, 2.24) is 4.90 Å². The third kappa shape index (κ3) is 3.18. The van der Waals surface area contributed by atoms with Crippen molar-refractivity contribution in [2.75, 3.05) is 13.1 Å². The van der Waals surface area contributed by atoms with Gasteiger partial charge in [0.25, 0.3) is 5.91 Å². The van der Waals surface area contributed by atoms with E-state index < -0.39 is 35.1 Å². The van der Waals surface area contributed by atoms with Gasteiger partial charge in [-0.15, -0.1) is 0 Å². The van der Waals surface area contributed by atoms with Crippen LogP contribution in [0.15, 0.2) is 18.2 Å². The van der Waals surface area contributed by atoms with E-state index in [1.807, 2.05) is 0 Å². The number of rotatable bonds is 1. The maximum atomic E-state index is 13.9. The fraction of sp³-hybridized carbons (Fsp3) is 0.500. The van der Waals surface area contributed by atoms with Crippen molar-refractivity contribution in [3.63, 3.8) is 0 Å². The topological polar surface area (TPSA) is 40.5 Å². The second-order valence-electron chi connectivity index (χ2n) is 5.25. The summed E-state index contributed by atoms with van der Waals surface area (Å²) in [5.74, 6) is -2.53. The van der Waals surface area contributed by atoms with Gasteiger partial charge in [-0.3, -0.25) is 4.79 Å². The Balaban J connectivity index is 2.28. The van der Waals surface area contributed by atoms with Gasteiger partial charge in [0.2, 0.25) is 0 Å². The van der Waals surface area contributed by atoms with Gasteiger partial charge in [-0.25, -0.2) is 4.39 Å². The number of likely N-dealkylation sites (tertiary alicyclic amines) is 1. The molecule has 1 N–H and O–H groups in total. The molecule has 7 heteroatoms. The predicted octanol–water partition coefficient (Wildman–Crippen LogP) is 2.69. The van der Waals surface area contributed by atoms with E-state index in [-0.39, 0.29) is 19.0 Å². The third-order valence-electron chi connectivity index (χ3n) is 3.68. The lowest BCUT2D eigenvalue weighted by Gasteiger charge is -2.34. The molecule has 1 aromatic rings. The fourth-order valence-corrected chi connectivity index (χ4v) is 2.40. The Morgan fingerprint density at radius 2 is 2.05 bits per heavy atom. The van der Waals surface area contributed by atoms with Gasteiger partial charge < -0.3 is 10.0 Å². The number of aliphatic hydroxyl groups is 1. The first kappa shape index (κ1) is 15.8. The Labute approximate surface area is 119 Å². The van der Waals surface area contributed by atoms with Gasteiger partial charge in [-0.2, -0.15) is 13.2 Å². The summed E-state index contributed by atoms with van der Waals surface area (Å²) in [5, 5.41) is 9.59. The van der Waals surface area contributed by atoms with Gasteiger partial charge in [-0.05, 0) is 24.5 Å². The minimum absolute atomic E-state index is 0.190. The first-order chi connectivity index (χ1) is 9.71. The summed E-state index contributed by atoms with van der Waals surface area (Å²) in [5.41, 5.74) is -2.04. The number of aliphatic hydroxyl groups excluding tert-OH is 1. The number of nitrogens with zero attached hydrogens (tertiary/aromatic N) is 1. The van der Waals surface area contributed by atoms with Crippen molar-refractivity contribution in [2.24, 2.45) is 5.92 Å². The average Bonchev–Trinajstić information content (AvgIpc) is 2.40. The van der Waals surface area contributed by atoms with E-state index in [2.05, 4.69) is 0 Å². The summed E-state index contributed by atoms with van der Waals surface area (Å²) in [4.78, 5) is 13.5. The minimum Gasteiger partial charge on any atom is -0.393 e. The third-order valence-corrected chi connectivity index (χ3v) is 3.68. The molecule has 116 valence electrons. The second-order valence-corrected chi connectivity index (χ2v) is 5.25. The molecule has 1 saturated heterocycles. The normalized spacial score (nSPS) is 23.2. The number of hydrogen-bond donors (Lipinski definition) is 1. The predicted molar refractivity (Wildman–Crippen MR) is 67.1 cm³/mol. The van der Waals surface area contributed by atoms with Gasteiger partial charge in [0.15, 0.2) is 0 Å². The highest BCUT2D eigenvalue weighted by molar-refractivity contribution is 5.94. The maximum Gasteiger partial charge on any atom is 0.419 e. The number of alkyl halides is 3. The highest BCUT2D eigenvalue weighted by Gasteiger charge is 2.37. The van der Waals surface area contributed by atoms with Crippen LogP contribution in [0.4, 0.5) is 17.6 Å². The summed E-state index contributed by atoms with van der Waals surface area (Å²) < 4.78 is 51.9. The van der Waals surface area contributed by atoms with E-state index in [1.54, 1.807) is 6.92 Å². The molecular formula is C14H15F4NO2. The van der Waals surface area contributed by atoms with Crippen LogP contribution < -0.4 is 0 Å². The monoisotopic (exact) mass is 305 g/mol. The number of carbonyl (C=O) groups excluding carboxylic acids is 1. The van der Waals surface area contributed by atoms with E-state index in [1.165, 1.54) is 4.90 Å². The number of carbonyl (C=O) groups is 1. The molecule has 1 aromatic carbocycles. The molecule has 2 rings (SSSR count). The Morgan fingerprint density at radius 1 is 1.38 bits per heavy atom. The van der Waals surface area contributed by atoms with Crippen LogP contribution in [0, 0.1) is 11.7 Å². The van der Waals surface area contributed by atoms with Crippen molar-refractivity contribution >= 4 is 5.91 Å². The van der Waals surface area contributed by atoms with E-state index in [0.29, 0.717) is 12.5 Å². The van der Waals surface area contributed by atoms with Crippen LogP contribution in [0.1, 0.15) is 29.3 Å². The Hall–Kier alpha value is -1.63. The molecule has 0 aliphatic carbocycles. The SMILES string of the molecule is CC1CN(C(=O)c2cccc(C(F)(F)F)c2F)CCC1O. The summed E-state index contributed by atoms with van der Waals surface area (Å²) in [6, 6.07) is 2.67. The van der Waals surface area contributed by atoms with Gasteiger partial charge in [0.1, 0.15) is 5.82 Å². The lowest BCUT2D eigenvalue weighted by atomic mass is 9.96. The summed E-state index contributed by atoms with van der Waals surface area (Å²) in [6.45, 7) is 2.11. The van der Waals surface area contributed by atoms with Crippen LogP contribution in [0.5, 0.6) is 0 Å². The maximum absolute atomic E-state index is 13.9. The Bertz CT molecular complexity index is 544. The Morgan fingerprint density at radius 3 is 2.62 bits per heavy atom. The molecule has 3 nitrogen and oxygen atoms in total. The zero-order valence-corrected chi connectivity index (χ0v) is 11.3. The number of benzene rings is 1. The van der Waals surface area contributed by atoms with Crippen molar-refractivity contribution in [2.45, 2.75) is 25.6 Å². The highest BCUT2D eigenvalue weighted by Crippen LogP contribution is 2.33. The molecular weight excluding hydrogens is 290 g/mol. The molecule has 0 spiro atoms. The number of halogens is 4. The molecule has 1 fully saturated rings. The molecule has 1 aliphatic rings. The number of hydrogen-bond acceptors (Lipinski definition) is 2. The summed E-state index contributed by atoms with van der Waals surface area (Å²) in [6.07, 6.45) is -5.07. The molecule has 1 heterocycles. The van der Waals surface area contributed by atoms with Crippen molar-refractivity contribution in [1.29, 1.82) is 0 Å². The van der Waals surface area contributed by atoms with Crippen LogP contribution in [-0.4, -0.2) is 35.1 Å². The lowest BCUT2D eigenvalue weighted by molar-refractivity contribution is -0.140. The zero-order chi connectivity index (χ0) is 15.8. The number of piperidine rings is 1. The smallest absolute Gasteiger partial charge is 0.393 e. The zero-order valence-electron chi connectivity index (χ0n) is 11.3. The Kier molecular flexibility index (Phi) is 4.22. The standard InChI is InChI=1S/C14H15F4NO2/c1-8-7-19(6-5-11(8)20)13(21)9-3-2-4-10(12(9)15)14(16,17)18/h2-4,8,11,20H,5-7H2,1H3. The van der Waals surface area contributed by atoms with Crippen LogP contribution in [0.2, 0.25) is 0 Å². The molecule has 0 aromatic heterocycles. The van der Waals surface area contributed by atoms with E-state index in [4.69, 9.17) is 0 Å². The molecule has 2 atom stereocenters. The summed E-state index contributed by atoms with van der Waals surface area (Å²) >= 11 is 0. The average molecular weight is 305 g/mol. The largest absolute Gasteiger partial charge is 0.419 e. The quantitative estimate of drug-likeness (QED) is 0.810. The first-order valence-electron chi connectivity index (χ1n) is 6.55. The molecule has 0 saturated carbocycles. The molecule has 1 amide bonds. The van der Waals surface area contributed by atoms with Gasteiger partial charge in [0.05, 0.1) is 17.2 Å². The van der Waals surface area contributed by atoms with Crippen LogP contribution in [-0.2, 0) is 6.18 Å². The molecule has 21 heavy (non-hydrogen) atoms. The van der Waals surface area contributed by atoms with Crippen molar-refractivity contribution in [3.8, 4) is 0 Å². The molecule has 2 unspecified atom stereocenters. The van der Waals surface area contributed by atoms with Gasteiger partial charge in [0, 0.05) is 13.1 Å².